The molecule has 2 aromatic heterocycles. The first-order chi connectivity index (χ1) is 18.8. The lowest BCUT2D eigenvalue weighted by atomic mass is 10.2. The summed E-state index contributed by atoms with van der Waals surface area (Å²) in [6, 6.07) is 43.9. The van der Waals surface area contributed by atoms with Crippen molar-refractivity contribution in [3.8, 4) is 9.75 Å². The van der Waals surface area contributed by atoms with Crippen molar-refractivity contribution in [2.75, 3.05) is 9.80 Å². The van der Waals surface area contributed by atoms with Crippen molar-refractivity contribution in [1.82, 2.24) is 0 Å². The lowest BCUT2D eigenvalue weighted by Crippen LogP contribution is -2.13. The van der Waals surface area contributed by atoms with Crippen LogP contribution in [0.3, 0.4) is 0 Å². The average Bonchev–Trinajstić information content (AvgIpc) is 3.65. The summed E-state index contributed by atoms with van der Waals surface area (Å²) in [5.41, 5.74) is 4.98. The molecule has 0 fully saturated rings. The topological polar surface area (TPSA) is 6.48 Å². The normalized spacial score (nSPS) is 13.5. The summed E-state index contributed by atoms with van der Waals surface area (Å²) in [6.45, 7) is 0. The predicted molar refractivity (Wildman–Crippen MR) is 165 cm³/mol. The first kappa shape index (κ1) is 22.6. The number of benzene rings is 4. The Kier molecular flexibility index (Phi) is 5.40. The molecule has 0 aliphatic carbocycles. The Bertz CT molecular complexity index is 1590. The number of rotatable bonds is 3. The highest BCUT2D eigenvalue weighted by atomic mass is 32.2. The molecule has 0 spiro atoms. The fraction of sp³-hybridized carbons (Fsp3) is 0. The van der Waals surface area contributed by atoms with E-state index < -0.39 is 0 Å². The van der Waals surface area contributed by atoms with Crippen LogP contribution in [0.15, 0.2) is 141 Å². The average molecular weight is 561 g/mol. The van der Waals surface area contributed by atoms with Gasteiger partial charge in [0.15, 0.2) is 0 Å². The van der Waals surface area contributed by atoms with Gasteiger partial charge < -0.3 is 0 Å². The van der Waals surface area contributed by atoms with Crippen molar-refractivity contribution >= 4 is 78.9 Å². The van der Waals surface area contributed by atoms with Gasteiger partial charge in [0.2, 0.25) is 0 Å². The molecule has 6 heteroatoms. The van der Waals surface area contributed by atoms with Crippen LogP contribution in [0.5, 0.6) is 0 Å². The van der Waals surface area contributed by atoms with Gasteiger partial charge in [-0.3, -0.25) is 9.80 Å². The lowest BCUT2D eigenvalue weighted by Gasteiger charge is -2.31. The Hall–Kier alpha value is -3.42. The third kappa shape index (κ3) is 3.63. The van der Waals surface area contributed by atoms with Gasteiger partial charge in [-0.05, 0) is 72.8 Å². The molecule has 2 nitrogen and oxygen atoms in total. The summed E-state index contributed by atoms with van der Waals surface area (Å²) in [7, 11) is 0. The van der Waals surface area contributed by atoms with Crippen LogP contribution >= 0.6 is 46.2 Å². The van der Waals surface area contributed by atoms with Crippen LogP contribution in [0.2, 0.25) is 0 Å². The lowest BCUT2D eigenvalue weighted by molar-refractivity contribution is 1.18. The minimum absolute atomic E-state index is 1.24. The van der Waals surface area contributed by atoms with Crippen LogP contribution in [-0.2, 0) is 0 Å². The molecule has 2 aliphatic heterocycles. The molecule has 0 saturated carbocycles. The number of nitrogens with zero attached hydrogens (tertiary/aromatic N) is 2. The van der Waals surface area contributed by atoms with E-state index in [4.69, 9.17) is 0 Å². The van der Waals surface area contributed by atoms with Crippen LogP contribution in [0.4, 0.5) is 32.8 Å². The number of anilines is 6. The molecule has 0 radical (unpaired) electrons. The number of fused-ring (bicyclic) bond motifs is 4. The van der Waals surface area contributed by atoms with Crippen molar-refractivity contribution in [2.24, 2.45) is 0 Å². The maximum absolute atomic E-state index is 2.41. The van der Waals surface area contributed by atoms with E-state index in [1.807, 2.05) is 46.2 Å². The smallest absolute Gasteiger partial charge is 0.101 e. The molecule has 0 unspecified atom stereocenters. The Balaban J connectivity index is 1.19. The highest BCUT2D eigenvalue weighted by Gasteiger charge is 2.27. The number of para-hydroxylation sites is 4. The third-order valence-corrected chi connectivity index (χ3v) is 11.3. The predicted octanol–water partition coefficient (Wildman–Crippen LogP) is 11.3. The van der Waals surface area contributed by atoms with E-state index in [1.165, 1.54) is 62.1 Å². The molecule has 182 valence electrons. The fourth-order valence-corrected chi connectivity index (χ4v) is 9.32. The molecule has 38 heavy (non-hydrogen) atoms. The first-order valence-corrected chi connectivity index (χ1v) is 15.6. The van der Waals surface area contributed by atoms with E-state index in [-0.39, 0.29) is 0 Å². The van der Waals surface area contributed by atoms with E-state index in [9.17, 15) is 0 Å². The van der Waals surface area contributed by atoms with Crippen LogP contribution in [0.1, 0.15) is 0 Å². The second kappa shape index (κ2) is 9.10. The molecular formula is C32H20N2S4. The second-order valence-corrected chi connectivity index (χ2v) is 13.3. The summed E-state index contributed by atoms with van der Waals surface area (Å²) >= 11 is 7.41. The summed E-state index contributed by atoms with van der Waals surface area (Å²) in [5.74, 6) is 0. The van der Waals surface area contributed by atoms with Gasteiger partial charge in [0.05, 0.1) is 22.7 Å². The zero-order chi connectivity index (χ0) is 25.1. The monoisotopic (exact) mass is 560 g/mol. The van der Waals surface area contributed by atoms with Crippen molar-refractivity contribution in [3.63, 3.8) is 0 Å². The molecule has 0 saturated heterocycles. The second-order valence-electron chi connectivity index (χ2n) is 9.02. The minimum Gasteiger partial charge on any atom is -0.300 e. The van der Waals surface area contributed by atoms with Gasteiger partial charge in [0.25, 0.3) is 0 Å². The highest BCUT2D eigenvalue weighted by Crippen LogP contribution is 2.55. The molecule has 4 aromatic carbocycles. The van der Waals surface area contributed by atoms with Crippen LogP contribution in [-0.4, -0.2) is 0 Å². The van der Waals surface area contributed by atoms with Crippen molar-refractivity contribution in [1.29, 1.82) is 0 Å². The van der Waals surface area contributed by atoms with E-state index in [0.717, 1.165) is 0 Å². The molecule has 6 aromatic rings. The maximum atomic E-state index is 2.41. The molecule has 2 aliphatic rings. The van der Waals surface area contributed by atoms with Gasteiger partial charge >= 0.3 is 0 Å². The van der Waals surface area contributed by atoms with E-state index in [0.29, 0.717) is 0 Å². The number of hydrogen-bond donors (Lipinski definition) is 0. The van der Waals surface area contributed by atoms with Crippen LogP contribution in [0, 0.1) is 0 Å². The SMILES string of the molecule is c1ccc2c(c1)Sc1ccccc1N2c1ccc(-c2ccc(N3c4ccccc4Sc4ccccc43)s2)s1. The van der Waals surface area contributed by atoms with Crippen molar-refractivity contribution in [3.05, 3.63) is 121 Å². The first-order valence-electron chi connectivity index (χ1n) is 12.4. The molecule has 0 amide bonds. The van der Waals surface area contributed by atoms with E-state index in [2.05, 4.69) is 131 Å². The fourth-order valence-electron chi connectivity index (χ4n) is 5.04. The molecule has 0 atom stereocenters. The van der Waals surface area contributed by atoms with Crippen LogP contribution < -0.4 is 9.80 Å². The molecular weight excluding hydrogens is 541 g/mol. The van der Waals surface area contributed by atoms with E-state index in [1.54, 1.807) is 0 Å². The summed E-state index contributed by atoms with van der Waals surface area (Å²) in [6.07, 6.45) is 0. The zero-order valence-corrected chi connectivity index (χ0v) is 23.3. The van der Waals surface area contributed by atoms with Gasteiger partial charge in [-0.1, -0.05) is 72.1 Å². The summed E-state index contributed by atoms with van der Waals surface area (Å²) in [4.78, 5) is 12.6. The minimum atomic E-state index is 1.24. The molecule has 0 bridgehead atoms. The van der Waals surface area contributed by atoms with Gasteiger partial charge in [-0.2, -0.15) is 0 Å². The zero-order valence-electron chi connectivity index (χ0n) is 20.1. The van der Waals surface area contributed by atoms with Gasteiger partial charge in [-0.25, -0.2) is 0 Å². The van der Waals surface area contributed by atoms with E-state index >= 15 is 0 Å². The standard InChI is InChI=1S/C32H20N2S4/c1-5-13-25-21(9-1)33(22-10-2-6-14-26(22)35-25)31-19-17-29(37-31)30-18-20-32(38-30)34-23-11-3-7-15-27(23)36-28-16-8-4-12-24(28)34/h1-20H. The Labute approximate surface area is 238 Å². The Morgan fingerprint density at radius 1 is 0.342 bits per heavy atom. The highest BCUT2D eigenvalue weighted by molar-refractivity contribution is 8.00. The molecule has 8 rings (SSSR count). The van der Waals surface area contributed by atoms with Gasteiger partial charge in [0, 0.05) is 29.3 Å². The Morgan fingerprint density at radius 3 is 1.00 bits per heavy atom. The molecule has 0 N–H and O–H groups in total. The maximum Gasteiger partial charge on any atom is 0.101 e. The third-order valence-electron chi connectivity index (χ3n) is 6.73. The van der Waals surface area contributed by atoms with Crippen LogP contribution in [0.25, 0.3) is 9.75 Å². The summed E-state index contributed by atoms with van der Waals surface area (Å²) < 4.78 is 0. The van der Waals surface area contributed by atoms with Crippen molar-refractivity contribution < 1.29 is 0 Å². The quantitative estimate of drug-likeness (QED) is 0.212. The van der Waals surface area contributed by atoms with Crippen molar-refractivity contribution in [2.45, 2.75) is 19.6 Å². The van der Waals surface area contributed by atoms with Gasteiger partial charge in [-0.15, -0.1) is 22.7 Å². The number of hydrogen-bond acceptors (Lipinski definition) is 6. The van der Waals surface area contributed by atoms with Gasteiger partial charge in [0.1, 0.15) is 10.0 Å². The molecule has 4 heterocycles. The Morgan fingerprint density at radius 2 is 0.658 bits per heavy atom. The summed E-state index contributed by atoms with van der Waals surface area (Å²) in [5, 5.41) is 2.47. The number of thiophene rings is 2. The largest absolute Gasteiger partial charge is 0.300 e.